The van der Waals surface area contributed by atoms with Crippen LogP contribution < -0.4 is 0 Å². The fourth-order valence-corrected chi connectivity index (χ4v) is 3.59. The van der Waals surface area contributed by atoms with Gasteiger partial charge in [-0.2, -0.15) is 0 Å². The molecule has 0 radical (unpaired) electrons. The van der Waals surface area contributed by atoms with Gasteiger partial charge < -0.3 is 9.15 Å². The van der Waals surface area contributed by atoms with Crippen molar-refractivity contribution in [2.24, 2.45) is 0 Å². The number of carbonyl (C=O) groups is 1. The Morgan fingerprint density at radius 1 is 1.22 bits per heavy atom. The van der Waals surface area contributed by atoms with Gasteiger partial charge in [0.1, 0.15) is 5.58 Å². The van der Waals surface area contributed by atoms with E-state index in [-0.39, 0.29) is 5.97 Å². The maximum atomic E-state index is 12.4. The van der Waals surface area contributed by atoms with E-state index in [0.717, 1.165) is 22.1 Å². The molecule has 0 aliphatic carbocycles. The van der Waals surface area contributed by atoms with Crippen LogP contribution in [0.5, 0.6) is 0 Å². The zero-order valence-corrected chi connectivity index (χ0v) is 14.0. The summed E-state index contributed by atoms with van der Waals surface area (Å²) in [5.74, 6) is 0.423. The van der Waals surface area contributed by atoms with E-state index >= 15 is 0 Å². The van der Waals surface area contributed by atoms with Crippen LogP contribution in [0.3, 0.4) is 0 Å². The first-order chi connectivity index (χ1) is 11.2. The highest BCUT2D eigenvalue weighted by molar-refractivity contribution is 7.98. The minimum atomic E-state index is -0.267. The maximum Gasteiger partial charge on any atom is 0.338 e. The molecule has 0 saturated heterocycles. The van der Waals surface area contributed by atoms with Crippen LogP contribution in [0.1, 0.15) is 28.4 Å². The highest BCUT2D eigenvalue weighted by Crippen LogP contribution is 2.32. The predicted octanol–water partition coefficient (Wildman–Crippen LogP) is 5.21. The third-order valence-electron chi connectivity index (χ3n) is 3.67. The molecule has 2 aromatic carbocycles. The fourth-order valence-electron chi connectivity index (χ4n) is 2.63. The predicted molar refractivity (Wildman–Crippen MR) is 92.9 cm³/mol. The van der Waals surface area contributed by atoms with E-state index in [0.29, 0.717) is 17.9 Å². The molecular formula is C19H18O3S. The minimum absolute atomic E-state index is 0.267. The number of benzene rings is 2. The van der Waals surface area contributed by atoms with Crippen LogP contribution in [0.15, 0.2) is 58.0 Å². The Kier molecular flexibility index (Phi) is 4.72. The van der Waals surface area contributed by atoms with E-state index < -0.39 is 0 Å². The van der Waals surface area contributed by atoms with E-state index in [9.17, 15) is 4.79 Å². The van der Waals surface area contributed by atoms with Crippen LogP contribution in [-0.4, -0.2) is 12.6 Å². The van der Waals surface area contributed by atoms with Crippen LogP contribution in [-0.2, 0) is 10.5 Å². The van der Waals surface area contributed by atoms with Gasteiger partial charge in [0.05, 0.1) is 18.4 Å². The van der Waals surface area contributed by atoms with E-state index in [1.54, 1.807) is 18.0 Å². The van der Waals surface area contributed by atoms with Crippen molar-refractivity contribution in [2.75, 3.05) is 6.61 Å². The SMILES string of the molecule is CCOC(=O)c1c(C)cc2occc2c1CSc1ccccc1. The number of thioether (sulfide) groups is 1. The van der Waals surface area contributed by atoms with E-state index in [1.807, 2.05) is 44.2 Å². The first-order valence-electron chi connectivity index (χ1n) is 7.55. The molecule has 0 aliphatic rings. The lowest BCUT2D eigenvalue weighted by Crippen LogP contribution is -2.10. The molecule has 23 heavy (non-hydrogen) atoms. The number of aryl methyl sites for hydroxylation is 1. The van der Waals surface area contributed by atoms with Crippen LogP contribution in [0.2, 0.25) is 0 Å². The maximum absolute atomic E-state index is 12.4. The van der Waals surface area contributed by atoms with Gasteiger partial charge in [-0.05, 0) is 49.2 Å². The molecule has 3 aromatic rings. The van der Waals surface area contributed by atoms with Crippen molar-refractivity contribution in [3.8, 4) is 0 Å². The van der Waals surface area contributed by atoms with Crippen molar-refractivity contribution in [1.29, 1.82) is 0 Å². The standard InChI is InChI=1S/C19H18O3S/c1-3-21-19(20)18-13(2)11-17-15(9-10-22-17)16(18)12-23-14-7-5-4-6-8-14/h4-11H,3,12H2,1-2H3. The second kappa shape index (κ2) is 6.92. The van der Waals surface area contributed by atoms with Gasteiger partial charge >= 0.3 is 5.97 Å². The lowest BCUT2D eigenvalue weighted by Gasteiger charge is -2.13. The van der Waals surface area contributed by atoms with Crippen molar-refractivity contribution >= 4 is 28.7 Å². The summed E-state index contributed by atoms with van der Waals surface area (Å²) in [6.45, 7) is 4.11. The lowest BCUT2D eigenvalue weighted by atomic mass is 9.99. The molecular weight excluding hydrogens is 308 g/mol. The number of carbonyl (C=O) groups excluding carboxylic acids is 1. The molecule has 0 bridgehead atoms. The quantitative estimate of drug-likeness (QED) is 0.476. The summed E-state index contributed by atoms with van der Waals surface area (Å²) in [7, 11) is 0. The largest absolute Gasteiger partial charge is 0.464 e. The van der Waals surface area contributed by atoms with Gasteiger partial charge in [0.25, 0.3) is 0 Å². The van der Waals surface area contributed by atoms with Crippen LogP contribution >= 0.6 is 11.8 Å². The molecule has 3 rings (SSSR count). The number of hydrogen-bond acceptors (Lipinski definition) is 4. The van der Waals surface area contributed by atoms with Crippen LogP contribution in [0.4, 0.5) is 0 Å². The summed E-state index contributed by atoms with van der Waals surface area (Å²) in [6.07, 6.45) is 1.66. The molecule has 3 nitrogen and oxygen atoms in total. The Bertz CT molecular complexity index is 821. The molecule has 1 heterocycles. The summed E-state index contributed by atoms with van der Waals surface area (Å²) in [6, 6.07) is 14.0. The monoisotopic (exact) mass is 326 g/mol. The van der Waals surface area contributed by atoms with Crippen LogP contribution in [0.25, 0.3) is 11.0 Å². The van der Waals surface area contributed by atoms with Gasteiger partial charge in [-0.1, -0.05) is 18.2 Å². The van der Waals surface area contributed by atoms with E-state index in [4.69, 9.17) is 9.15 Å². The zero-order valence-electron chi connectivity index (χ0n) is 13.2. The average molecular weight is 326 g/mol. The first-order valence-corrected chi connectivity index (χ1v) is 8.54. The number of furan rings is 1. The summed E-state index contributed by atoms with van der Waals surface area (Å²) in [5, 5.41) is 0.974. The zero-order chi connectivity index (χ0) is 16.2. The Hall–Kier alpha value is -2.20. The van der Waals surface area contributed by atoms with Crippen molar-refractivity contribution in [2.45, 2.75) is 24.5 Å². The second-order valence-electron chi connectivity index (χ2n) is 5.20. The van der Waals surface area contributed by atoms with Gasteiger partial charge in [-0.3, -0.25) is 0 Å². The molecule has 0 fully saturated rings. The molecule has 0 atom stereocenters. The molecule has 0 aliphatic heterocycles. The minimum Gasteiger partial charge on any atom is -0.464 e. The molecule has 4 heteroatoms. The molecule has 118 valence electrons. The van der Waals surface area contributed by atoms with Gasteiger partial charge in [0.2, 0.25) is 0 Å². The molecule has 1 aromatic heterocycles. The molecule has 0 saturated carbocycles. The van der Waals surface area contributed by atoms with Gasteiger partial charge in [0, 0.05) is 16.0 Å². The average Bonchev–Trinajstić information content (AvgIpc) is 3.01. The molecule has 0 unspecified atom stereocenters. The Balaban J connectivity index is 2.03. The summed E-state index contributed by atoms with van der Waals surface area (Å²) >= 11 is 1.70. The lowest BCUT2D eigenvalue weighted by molar-refractivity contribution is 0.0525. The fraction of sp³-hybridized carbons (Fsp3) is 0.211. The smallest absolute Gasteiger partial charge is 0.338 e. The Labute approximate surface area is 139 Å². The number of fused-ring (bicyclic) bond motifs is 1. The Morgan fingerprint density at radius 2 is 2.00 bits per heavy atom. The highest BCUT2D eigenvalue weighted by atomic mass is 32.2. The topological polar surface area (TPSA) is 39.4 Å². The van der Waals surface area contributed by atoms with Crippen molar-refractivity contribution in [3.05, 3.63) is 65.4 Å². The number of hydrogen-bond donors (Lipinski definition) is 0. The number of esters is 1. The molecule has 0 spiro atoms. The summed E-state index contributed by atoms with van der Waals surface area (Å²) in [4.78, 5) is 13.6. The van der Waals surface area contributed by atoms with Crippen LogP contribution in [0, 0.1) is 6.92 Å². The third-order valence-corrected chi connectivity index (χ3v) is 4.71. The van der Waals surface area contributed by atoms with E-state index in [2.05, 4.69) is 12.1 Å². The van der Waals surface area contributed by atoms with Gasteiger partial charge in [0.15, 0.2) is 0 Å². The van der Waals surface area contributed by atoms with E-state index in [1.165, 1.54) is 4.90 Å². The first kappa shape index (κ1) is 15.7. The van der Waals surface area contributed by atoms with Crippen molar-refractivity contribution < 1.29 is 13.9 Å². The third kappa shape index (κ3) is 3.27. The number of rotatable bonds is 5. The summed E-state index contributed by atoms with van der Waals surface area (Å²) in [5.41, 5.74) is 3.32. The molecule has 0 N–H and O–H groups in total. The van der Waals surface area contributed by atoms with Gasteiger partial charge in [-0.15, -0.1) is 11.8 Å². The van der Waals surface area contributed by atoms with Crippen molar-refractivity contribution in [3.63, 3.8) is 0 Å². The van der Waals surface area contributed by atoms with Gasteiger partial charge in [-0.25, -0.2) is 4.79 Å². The highest BCUT2D eigenvalue weighted by Gasteiger charge is 2.20. The second-order valence-corrected chi connectivity index (χ2v) is 6.25. The summed E-state index contributed by atoms with van der Waals surface area (Å²) < 4.78 is 10.8. The Morgan fingerprint density at radius 3 is 2.74 bits per heavy atom. The molecule has 0 amide bonds. The number of ether oxygens (including phenoxy) is 1. The van der Waals surface area contributed by atoms with Crippen molar-refractivity contribution in [1.82, 2.24) is 0 Å². The normalized spacial score (nSPS) is 10.9.